The number of fused-ring (bicyclic) bond motifs is 1. The Bertz CT molecular complexity index is 283. The first kappa shape index (κ1) is 10.7. The lowest BCUT2D eigenvalue weighted by atomic mass is 9.74. The Labute approximate surface area is 89.9 Å². The van der Waals surface area contributed by atoms with Gasteiger partial charge in [0.15, 0.2) is 0 Å². The molecule has 1 aliphatic heterocycles. The van der Waals surface area contributed by atoms with Crippen molar-refractivity contribution < 1.29 is 15.0 Å². The van der Waals surface area contributed by atoms with Crippen molar-refractivity contribution in [2.24, 2.45) is 22.7 Å². The Hall–Kier alpha value is -0.770. The minimum atomic E-state index is -0.831. The van der Waals surface area contributed by atoms with Crippen LogP contribution in [0.25, 0.3) is 0 Å². The molecule has 1 saturated carbocycles. The number of carboxylic acid groups (broad SMARTS) is 1. The number of amides is 1. The quantitative estimate of drug-likeness (QED) is 0.689. The van der Waals surface area contributed by atoms with Crippen LogP contribution in [0.1, 0.15) is 20.8 Å². The molecule has 1 amide bonds. The van der Waals surface area contributed by atoms with E-state index in [9.17, 15) is 9.90 Å². The standard InChI is InChI=1S/C11H19NO3/c1-10(2,3)11(6-13)7-4-12(9(14)15)5-8(7)11/h7-8,13H,4-6H2,1-3H3,(H,14,15)/t7-,8+,11+. The van der Waals surface area contributed by atoms with Gasteiger partial charge < -0.3 is 15.1 Å². The van der Waals surface area contributed by atoms with E-state index in [-0.39, 0.29) is 17.4 Å². The van der Waals surface area contributed by atoms with E-state index in [0.29, 0.717) is 24.9 Å². The molecule has 0 unspecified atom stereocenters. The molecular weight excluding hydrogens is 194 g/mol. The summed E-state index contributed by atoms with van der Waals surface area (Å²) in [7, 11) is 0. The van der Waals surface area contributed by atoms with Gasteiger partial charge in [0.2, 0.25) is 0 Å². The zero-order valence-corrected chi connectivity index (χ0v) is 9.53. The minimum Gasteiger partial charge on any atom is -0.465 e. The summed E-state index contributed by atoms with van der Waals surface area (Å²) in [6, 6.07) is 0. The third-order valence-corrected chi connectivity index (χ3v) is 4.46. The van der Waals surface area contributed by atoms with E-state index in [4.69, 9.17) is 5.11 Å². The Balaban J connectivity index is 2.11. The molecule has 0 aromatic heterocycles. The summed E-state index contributed by atoms with van der Waals surface area (Å²) in [6.07, 6.45) is -0.831. The molecule has 4 heteroatoms. The van der Waals surface area contributed by atoms with Crippen LogP contribution in [0, 0.1) is 22.7 Å². The first-order valence-corrected chi connectivity index (χ1v) is 5.43. The van der Waals surface area contributed by atoms with Gasteiger partial charge in [-0.3, -0.25) is 0 Å². The van der Waals surface area contributed by atoms with E-state index in [1.165, 1.54) is 4.90 Å². The normalized spacial score (nSPS) is 39.1. The third kappa shape index (κ3) is 1.20. The lowest BCUT2D eigenvalue weighted by molar-refractivity contribution is 0.0571. The highest BCUT2D eigenvalue weighted by molar-refractivity contribution is 5.66. The van der Waals surface area contributed by atoms with Crippen molar-refractivity contribution in [3.05, 3.63) is 0 Å². The second kappa shape index (κ2) is 2.88. The smallest absolute Gasteiger partial charge is 0.407 e. The number of rotatable bonds is 1. The van der Waals surface area contributed by atoms with Crippen molar-refractivity contribution in [3.8, 4) is 0 Å². The van der Waals surface area contributed by atoms with Gasteiger partial charge in [-0.2, -0.15) is 0 Å². The van der Waals surface area contributed by atoms with Gasteiger partial charge in [0.1, 0.15) is 0 Å². The zero-order chi connectivity index (χ0) is 11.4. The van der Waals surface area contributed by atoms with Gasteiger partial charge in [0, 0.05) is 25.1 Å². The number of hydrogen-bond donors (Lipinski definition) is 2. The van der Waals surface area contributed by atoms with Crippen LogP contribution in [-0.2, 0) is 0 Å². The number of aliphatic hydroxyl groups is 1. The molecule has 0 aromatic carbocycles. The van der Waals surface area contributed by atoms with Crippen molar-refractivity contribution in [2.45, 2.75) is 20.8 Å². The minimum absolute atomic E-state index is 0.0427. The number of aliphatic hydroxyl groups excluding tert-OH is 1. The summed E-state index contributed by atoms with van der Waals surface area (Å²) >= 11 is 0. The summed E-state index contributed by atoms with van der Waals surface area (Å²) < 4.78 is 0. The lowest BCUT2D eigenvalue weighted by Crippen LogP contribution is -2.39. The van der Waals surface area contributed by atoms with Crippen molar-refractivity contribution in [1.82, 2.24) is 4.90 Å². The molecule has 15 heavy (non-hydrogen) atoms. The molecule has 2 N–H and O–H groups in total. The maximum atomic E-state index is 10.8. The first-order valence-electron chi connectivity index (χ1n) is 5.43. The van der Waals surface area contributed by atoms with Crippen molar-refractivity contribution in [2.75, 3.05) is 19.7 Å². The van der Waals surface area contributed by atoms with Crippen LogP contribution < -0.4 is 0 Å². The van der Waals surface area contributed by atoms with Gasteiger partial charge in [0.25, 0.3) is 0 Å². The summed E-state index contributed by atoms with van der Waals surface area (Å²) in [4.78, 5) is 12.2. The monoisotopic (exact) mass is 213 g/mol. The number of likely N-dealkylation sites (tertiary alicyclic amines) is 1. The summed E-state index contributed by atoms with van der Waals surface area (Å²) in [6.45, 7) is 7.76. The molecule has 1 saturated heterocycles. The summed E-state index contributed by atoms with van der Waals surface area (Å²) in [5, 5.41) is 18.4. The SMILES string of the molecule is CC(C)(C)[C@@]1(CO)[C@@H]2CN(C(=O)O)C[C@@H]21. The molecule has 0 aromatic rings. The molecule has 2 aliphatic rings. The molecule has 1 heterocycles. The molecule has 3 atom stereocenters. The lowest BCUT2D eigenvalue weighted by Gasteiger charge is -2.35. The Morgan fingerprint density at radius 2 is 1.87 bits per heavy atom. The van der Waals surface area contributed by atoms with E-state index >= 15 is 0 Å². The van der Waals surface area contributed by atoms with Crippen LogP contribution in [0.5, 0.6) is 0 Å². The largest absolute Gasteiger partial charge is 0.465 e. The number of carbonyl (C=O) groups is 1. The Kier molecular flexibility index (Phi) is 2.06. The number of piperidine rings is 1. The molecular formula is C11H19NO3. The fourth-order valence-corrected chi connectivity index (χ4v) is 3.47. The van der Waals surface area contributed by atoms with Gasteiger partial charge >= 0.3 is 6.09 Å². The maximum absolute atomic E-state index is 10.8. The predicted molar refractivity (Wildman–Crippen MR) is 55.6 cm³/mol. The highest BCUT2D eigenvalue weighted by atomic mass is 16.4. The average molecular weight is 213 g/mol. The first-order chi connectivity index (χ1) is 6.84. The van der Waals surface area contributed by atoms with E-state index in [2.05, 4.69) is 20.8 Å². The van der Waals surface area contributed by atoms with Crippen LogP contribution in [0.3, 0.4) is 0 Å². The zero-order valence-electron chi connectivity index (χ0n) is 9.53. The van der Waals surface area contributed by atoms with E-state index in [0.717, 1.165) is 0 Å². The van der Waals surface area contributed by atoms with Crippen molar-refractivity contribution in [3.63, 3.8) is 0 Å². The molecule has 86 valence electrons. The average Bonchev–Trinajstić information content (AvgIpc) is 2.53. The van der Waals surface area contributed by atoms with Gasteiger partial charge in [-0.1, -0.05) is 20.8 Å². The summed E-state index contributed by atoms with van der Waals surface area (Å²) in [5.41, 5.74) is 0.0145. The second-order valence-electron chi connectivity index (χ2n) is 5.85. The van der Waals surface area contributed by atoms with Crippen LogP contribution in [0.2, 0.25) is 0 Å². The molecule has 4 nitrogen and oxygen atoms in total. The van der Waals surface area contributed by atoms with Crippen molar-refractivity contribution >= 4 is 6.09 Å². The second-order valence-corrected chi connectivity index (χ2v) is 5.85. The topological polar surface area (TPSA) is 60.8 Å². The third-order valence-electron chi connectivity index (χ3n) is 4.46. The van der Waals surface area contributed by atoms with Crippen LogP contribution in [-0.4, -0.2) is 40.9 Å². The fourth-order valence-electron chi connectivity index (χ4n) is 3.47. The van der Waals surface area contributed by atoms with E-state index < -0.39 is 6.09 Å². The van der Waals surface area contributed by atoms with Gasteiger partial charge in [-0.15, -0.1) is 0 Å². The highest BCUT2D eigenvalue weighted by Crippen LogP contribution is 2.70. The van der Waals surface area contributed by atoms with Crippen LogP contribution >= 0.6 is 0 Å². The Morgan fingerprint density at radius 3 is 2.13 bits per heavy atom. The van der Waals surface area contributed by atoms with Crippen LogP contribution in [0.15, 0.2) is 0 Å². The van der Waals surface area contributed by atoms with Crippen LogP contribution in [0.4, 0.5) is 4.79 Å². The van der Waals surface area contributed by atoms with Gasteiger partial charge in [-0.25, -0.2) is 4.79 Å². The maximum Gasteiger partial charge on any atom is 0.407 e. The van der Waals surface area contributed by atoms with E-state index in [1.54, 1.807) is 0 Å². The van der Waals surface area contributed by atoms with Gasteiger partial charge in [-0.05, 0) is 17.3 Å². The predicted octanol–water partition coefficient (Wildman–Crippen LogP) is 1.25. The van der Waals surface area contributed by atoms with E-state index in [1.807, 2.05) is 0 Å². The van der Waals surface area contributed by atoms with Gasteiger partial charge in [0.05, 0.1) is 0 Å². The molecule has 0 bridgehead atoms. The highest BCUT2D eigenvalue weighted by Gasteiger charge is 2.72. The number of hydrogen-bond acceptors (Lipinski definition) is 2. The summed E-state index contributed by atoms with van der Waals surface area (Å²) in [5.74, 6) is 0.720. The molecule has 1 aliphatic carbocycles. The fraction of sp³-hybridized carbons (Fsp3) is 0.909. The molecule has 2 fully saturated rings. The molecule has 0 radical (unpaired) electrons. The Morgan fingerprint density at radius 1 is 1.40 bits per heavy atom. The van der Waals surface area contributed by atoms with Crippen molar-refractivity contribution in [1.29, 1.82) is 0 Å². The molecule has 0 spiro atoms. The number of nitrogens with zero attached hydrogens (tertiary/aromatic N) is 1. The molecule has 2 rings (SSSR count).